The molecule has 21 heavy (non-hydrogen) atoms. The second kappa shape index (κ2) is 7.09. The van der Waals surface area contributed by atoms with Crippen molar-refractivity contribution in [2.45, 2.75) is 13.3 Å². The fraction of sp³-hybridized carbons (Fsp3) is 0.263. The summed E-state index contributed by atoms with van der Waals surface area (Å²) in [7, 11) is 4.17. The molecule has 0 aliphatic heterocycles. The number of hydrogen-bond acceptors (Lipinski definition) is 2. The van der Waals surface area contributed by atoms with Crippen molar-refractivity contribution in [2.24, 2.45) is 0 Å². The maximum Gasteiger partial charge on any atom is 0.116 e. The summed E-state index contributed by atoms with van der Waals surface area (Å²) in [5.74, 6) is 0.307. The number of rotatable bonds is 5. The van der Waals surface area contributed by atoms with E-state index in [2.05, 4.69) is 56.3 Å². The van der Waals surface area contributed by atoms with Crippen LogP contribution in [0.5, 0.6) is 5.75 Å². The lowest BCUT2D eigenvalue weighted by Gasteiger charge is -2.19. The quantitative estimate of drug-likeness (QED) is 0.889. The minimum atomic E-state index is 0.307. The van der Waals surface area contributed by atoms with E-state index in [1.807, 2.05) is 18.2 Å². The van der Waals surface area contributed by atoms with Gasteiger partial charge in [-0.15, -0.1) is 0 Å². The van der Waals surface area contributed by atoms with E-state index in [-0.39, 0.29) is 0 Å². The van der Waals surface area contributed by atoms with E-state index in [1.165, 1.54) is 16.7 Å². The number of likely N-dealkylation sites (N-methyl/N-ethyl adjacent to an activating group) is 1. The zero-order chi connectivity index (χ0) is 15.2. The van der Waals surface area contributed by atoms with Gasteiger partial charge in [0.25, 0.3) is 0 Å². The van der Waals surface area contributed by atoms with Gasteiger partial charge in [0.05, 0.1) is 0 Å². The summed E-state index contributed by atoms with van der Waals surface area (Å²) in [6.45, 7) is 3.10. The first kappa shape index (κ1) is 15.3. The summed E-state index contributed by atoms with van der Waals surface area (Å²) in [5.41, 5.74) is 4.86. The van der Waals surface area contributed by atoms with Gasteiger partial charge in [-0.2, -0.15) is 0 Å². The Labute approximate surface area is 127 Å². The van der Waals surface area contributed by atoms with Gasteiger partial charge in [-0.05, 0) is 54.9 Å². The summed E-state index contributed by atoms with van der Waals surface area (Å²) in [6.07, 6.45) is 0.984. The molecule has 0 fully saturated rings. The van der Waals surface area contributed by atoms with Gasteiger partial charge in [-0.1, -0.05) is 49.4 Å². The molecule has 0 radical (unpaired) electrons. The van der Waals surface area contributed by atoms with Crippen LogP contribution in [-0.2, 0) is 0 Å². The number of phenolic OH excluding ortho intramolecular Hbond substituents is 1. The highest BCUT2D eigenvalue weighted by Crippen LogP contribution is 2.30. The lowest BCUT2D eigenvalue weighted by Crippen LogP contribution is -2.16. The van der Waals surface area contributed by atoms with Crippen LogP contribution in [0.25, 0.3) is 5.57 Å². The van der Waals surface area contributed by atoms with Crippen LogP contribution >= 0.6 is 0 Å². The molecule has 0 saturated carbocycles. The van der Waals surface area contributed by atoms with E-state index in [0.717, 1.165) is 18.5 Å². The average Bonchev–Trinajstić information content (AvgIpc) is 2.47. The molecule has 2 heteroatoms. The van der Waals surface area contributed by atoms with Crippen LogP contribution in [0.3, 0.4) is 0 Å². The Morgan fingerprint density at radius 2 is 1.62 bits per heavy atom. The summed E-state index contributed by atoms with van der Waals surface area (Å²) >= 11 is 0. The van der Waals surface area contributed by atoms with Crippen molar-refractivity contribution < 1.29 is 5.11 Å². The predicted molar refractivity (Wildman–Crippen MR) is 89.4 cm³/mol. The van der Waals surface area contributed by atoms with Crippen molar-refractivity contribution in [1.82, 2.24) is 4.90 Å². The Bertz CT molecular complexity index is 614. The van der Waals surface area contributed by atoms with Crippen molar-refractivity contribution in [1.29, 1.82) is 0 Å². The molecule has 0 amide bonds. The maximum atomic E-state index is 9.81. The molecule has 1 N–H and O–H groups in total. The second-order valence-corrected chi connectivity index (χ2v) is 5.49. The van der Waals surface area contributed by atoms with Crippen molar-refractivity contribution in [3.05, 3.63) is 71.3 Å². The Morgan fingerprint density at radius 1 is 0.952 bits per heavy atom. The van der Waals surface area contributed by atoms with E-state index in [9.17, 15) is 5.11 Å². The Hall–Kier alpha value is -2.06. The molecule has 0 aromatic heterocycles. The van der Waals surface area contributed by atoms with Crippen LogP contribution in [-0.4, -0.2) is 30.6 Å². The topological polar surface area (TPSA) is 23.5 Å². The first-order valence-corrected chi connectivity index (χ1v) is 7.33. The highest BCUT2D eigenvalue weighted by atomic mass is 16.3. The lowest BCUT2D eigenvalue weighted by atomic mass is 9.91. The van der Waals surface area contributed by atoms with Gasteiger partial charge >= 0.3 is 0 Å². The molecule has 0 bridgehead atoms. The highest BCUT2D eigenvalue weighted by Gasteiger charge is 2.12. The lowest BCUT2D eigenvalue weighted by molar-refractivity contribution is 0.441. The number of benzene rings is 2. The smallest absolute Gasteiger partial charge is 0.116 e. The third-order valence-corrected chi connectivity index (χ3v) is 3.48. The first-order chi connectivity index (χ1) is 10.1. The van der Waals surface area contributed by atoms with Crippen molar-refractivity contribution in [3.8, 4) is 5.75 Å². The van der Waals surface area contributed by atoms with E-state index in [1.54, 1.807) is 6.07 Å². The van der Waals surface area contributed by atoms with Gasteiger partial charge in [0.15, 0.2) is 0 Å². The van der Waals surface area contributed by atoms with Gasteiger partial charge in [0, 0.05) is 6.54 Å². The molecule has 0 spiro atoms. The minimum absolute atomic E-state index is 0.307. The zero-order valence-corrected chi connectivity index (χ0v) is 13.0. The van der Waals surface area contributed by atoms with Crippen LogP contribution in [0, 0.1) is 0 Å². The monoisotopic (exact) mass is 281 g/mol. The standard InChI is InChI=1S/C19H23NO/c1-4-15(14-20(2)3)19(16-9-6-5-7-10-16)17-11-8-12-18(21)13-17/h5-13,21H,4,14H2,1-3H3/b19-15-. The molecule has 2 aromatic rings. The van der Waals surface area contributed by atoms with Crippen LogP contribution in [0.1, 0.15) is 24.5 Å². The SMILES string of the molecule is CC/C(CN(C)C)=C(\c1ccccc1)c1cccc(O)c1. The van der Waals surface area contributed by atoms with Crippen molar-refractivity contribution in [2.75, 3.05) is 20.6 Å². The van der Waals surface area contributed by atoms with Gasteiger partial charge < -0.3 is 10.0 Å². The van der Waals surface area contributed by atoms with Crippen LogP contribution < -0.4 is 0 Å². The second-order valence-electron chi connectivity index (χ2n) is 5.49. The van der Waals surface area contributed by atoms with Crippen molar-refractivity contribution >= 4 is 5.57 Å². The van der Waals surface area contributed by atoms with Crippen LogP contribution in [0.2, 0.25) is 0 Å². The molecule has 2 nitrogen and oxygen atoms in total. The van der Waals surface area contributed by atoms with Gasteiger partial charge in [0.2, 0.25) is 0 Å². The molecule has 2 aromatic carbocycles. The molecule has 0 saturated heterocycles. The average molecular weight is 281 g/mol. The third kappa shape index (κ3) is 3.96. The molecular formula is C19H23NO. The number of nitrogens with zero attached hydrogens (tertiary/aromatic N) is 1. The summed E-state index contributed by atoms with van der Waals surface area (Å²) in [4.78, 5) is 2.19. The molecule has 0 aliphatic rings. The molecular weight excluding hydrogens is 258 g/mol. The highest BCUT2D eigenvalue weighted by molar-refractivity contribution is 5.82. The maximum absolute atomic E-state index is 9.81. The van der Waals surface area contributed by atoms with E-state index in [0.29, 0.717) is 5.75 Å². The normalized spacial score (nSPS) is 12.4. The fourth-order valence-corrected chi connectivity index (χ4v) is 2.59. The molecule has 0 aliphatic carbocycles. The Kier molecular flexibility index (Phi) is 5.18. The molecule has 0 atom stereocenters. The Morgan fingerprint density at radius 3 is 2.19 bits per heavy atom. The van der Waals surface area contributed by atoms with Crippen molar-refractivity contribution in [3.63, 3.8) is 0 Å². The molecule has 0 unspecified atom stereocenters. The molecule has 110 valence electrons. The molecule has 2 rings (SSSR count). The number of phenols is 1. The van der Waals surface area contributed by atoms with Crippen LogP contribution in [0.4, 0.5) is 0 Å². The van der Waals surface area contributed by atoms with E-state index < -0.39 is 0 Å². The van der Waals surface area contributed by atoms with E-state index in [4.69, 9.17) is 0 Å². The van der Waals surface area contributed by atoms with Gasteiger partial charge in [-0.25, -0.2) is 0 Å². The van der Waals surface area contributed by atoms with Crippen LogP contribution in [0.15, 0.2) is 60.2 Å². The summed E-state index contributed by atoms with van der Waals surface area (Å²) in [5, 5.41) is 9.81. The fourth-order valence-electron chi connectivity index (χ4n) is 2.59. The zero-order valence-electron chi connectivity index (χ0n) is 13.0. The molecule has 0 heterocycles. The third-order valence-electron chi connectivity index (χ3n) is 3.48. The van der Waals surface area contributed by atoms with E-state index >= 15 is 0 Å². The number of hydrogen-bond donors (Lipinski definition) is 1. The summed E-state index contributed by atoms with van der Waals surface area (Å²) in [6, 6.07) is 17.9. The predicted octanol–water partition coefficient (Wildman–Crippen LogP) is 4.17. The minimum Gasteiger partial charge on any atom is -0.508 e. The largest absolute Gasteiger partial charge is 0.508 e. The summed E-state index contributed by atoms with van der Waals surface area (Å²) < 4.78 is 0. The van der Waals surface area contributed by atoms with Gasteiger partial charge in [-0.3, -0.25) is 0 Å². The Balaban J connectivity index is 2.61. The first-order valence-electron chi connectivity index (χ1n) is 7.33. The van der Waals surface area contributed by atoms with Gasteiger partial charge in [0.1, 0.15) is 5.75 Å². The number of aromatic hydroxyl groups is 1.